The average Bonchev–Trinajstić information content (AvgIpc) is 3.08. The van der Waals surface area contributed by atoms with E-state index < -0.39 is 15.3 Å². The van der Waals surface area contributed by atoms with Gasteiger partial charge in [-0.1, -0.05) is 31.4 Å². The lowest BCUT2D eigenvalue weighted by Gasteiger charge is -2.37. The molecule has 0 saturated heterocycles. The Bertz CT molecular complexity index is 915. The van der Waals surface area contributed by atoms with Gasteiger partial charge in [0.15, 0.2) is 9.84 Å². The minimum atomic E-state index is -3.27. The molecule has 1 saturated carbocycles. The standard InChI is InChI=1S/C18H25N5O3S/c1-12(15-21-17(19)23-22-15)20-16(24)18(10-4-3-5-11-18)13-6-8-14(9-7-13)27(2,25)26/h6-9,12H,3-5,10-11H2,1-2H3,(H,20,24)(H3,19,21,22,23). The number of carbonyl (C=O) groups is 1. The van der Waals surface area contributed by atoms with E-state index >= 15 is 0 Å². The van der Waals surface area contributed by atoms with Crippen molar-refractivity contribution in [3.8, 4) is 0 Å². The van der Waals surface area contributed by atoms with E-state index in [1.807, 2.05) is 6.92 Å². The van der Waals surface area contributed by atoms with Crippen molar-refractivity contribution >= 4 is 21.7 Å². The molecule has 0 bridgehead atoms. The number of amides is 1. The van der Waals surface area contributed by atoms with E-state index in [2.05, 4.69) is 20.5 Å². The molecule has 2 aromatic rings. The van der Waals surface area contributed by atoms with E-state index in [9.17, 15) is 13.2 Å². The van der Waals surface area contributed by atoms with E-state index in [0.717, 1.165) is 37.7 Å². The number of anilines is 1. The maximum atomic E-state index is 13.3. The summed E-state index contributed by atoms with van der Waals surface area (Å²) in [6.07, 6.45) is 5.61. The second-order valence-electron chi connectivity index (χ2n) is 7.21. The molecule has 146 valence electrons. The summed E-state index contributed by atoms with van der Waals surface area (Å²) in [4.78, 5) is 17.6. The van der Waals surface area contributed by atoms with Gasteiger partial charge in [-0.3, -0.25) is 9.89 Å². The lowest BCUT2D eigenvalue weighted by atomic mass is 9.68. The maximum Gasteiger partial charge on any atom is 0.239 e. The molecule has 1 aromatic carbocycles. The highest BCUT2D eigenvalue weighted by atomic mass is 32.2. The number of H-pyrrole nitrogens is 1. The number of carbonyl (C=O) groups excluding carboxylic acids is 1. The zero-order valence-electron chi connectivity index (χ0n) is 15.5. The van der Waals surface area contributed by atoms with Gasteiger partial charge in [-0.05, 0) is 37.5 Å². The van der Waals surface area contributed by atoms with Crippen LogP contribution in [0, 0.1) is 0 Å². The number of hydrogen-bond acceptors (Lipinski definition) is 6. The lowest BCUT2D eigenvalue weighted by Crippen LogP contribution is -2.46. The summed E-state index contributed by atoms with van der Waals surface area (Å²) < 4.78 is 23.5. The second-order valence-corrected chi connectivity index (χ2v) is 9.23. The Hall–Kier alpha value is -2.42. The number of rotatable bonds is 5. The van der Waals surface area contributed by atoms with Crippen LogP contribution in [-0.4, -0.2) is 35.8 Å². The number of sulfone groups is 1. The van der Waals surface area contributed by atoms with Crippen LogP contribution in [0.3, 0.4) is 0 Å². The Kier molecular flexibility index (Phi) is 5.23. The third-order valence-electron chi connectivity index (χ3n) is 5.25. The molecular formula is C18H25N5O3S. The molecule has 1 aliphatic rings. The summed E-state index contributed by atoms with van der Waals surface area (Å²) in [5.41, 5.74) is 5.71. The fourth-order valence-corrected chi connectivity index (χ4v) is 4.34. The Labute approximate surface area is 158 Å². The Morgan fingerprint density at radius 1 is 1.22 bits per heavy atom. The minimum Gasteiger partial charge on any atom is -0.367 e. The van der Waals surface area contributed by atoms with Gasteiger partial charge in [0.1, 0.15) is 5.82 Å². The smallest absolute Gasteiger partial charge is 0.239 e. The highest BCUT2D eigenvalue weighted by Crippen LogP contribution is 2.40. The third-order valence-corrected chi connectivity index (χ3v) is 6.38. The number of nitrogen functional groups attached to an aromatic ring is 1. The van der Waals surface area contributed by atoms with Crippen molar-refractivity contribution in [1.82, 2.24) is 20.5 Å². The molecular weight excluding hydrogens is 366 g/mol. The van der Waals surface area contributed by atoms with E-state index in [0.29, 0.717) is 5.82 Å². The van der Waals surface area contributed by atoms with Gasteiger partial charge < -0.3 is 11.1 Å². The van der Waals surface area contributed by atoms with E-state index in [-0.39, 0.29) is 22.8 Å². The van der Waals surface area contributed by atoms with Crippen LogP contribution in [0.2, 0.25) is 0 Å². The first-order chi connectivity index (χ1) is 12.7. The van der Waals surface area contributed by atoms with Crippen LogP contribution >= 0.6 is 0 Å². The van der Waals surface area contributed by atoms with Crippen molar-refractivity contribution in [2.45, 2.75) is 55.4 Å². The van der Waals surface area contributed by atoms with Crippen molar-refractivity contribution in [3.05, 3.63) is 35.7 Å². The van der Waals surface area contributed by atoms with Gasteiger partial charge in [0.25, 0.3) is 0 Å². The zero-order valence-corrected chi connectivity index (χ0v) is 16.3. The van der Waals surface area contributed by atoms with Crippen molar-refractivity contribution in [2.24, 2.45) is 0 Å². The molecule has 1 heterocycles. The predicted molar refractivity (Wildman–Crippen MR) is 102 cm³/mol. The normalized spacial score (nSPS) is 18.0. The first kappa shape index (κ1) is 19.3. The van der Waals surface area contributed by atoms with Crippen molar-refractivity contribution in [1.29, 1.82) is 0 Å². The Balaban J connectivity index is 1.89. The van der Waals surface area contributed by atoms with Crippen LogP contribution in [0.15, 0.2) is 29.2 Å². The number of nitrogens with zero attached hydrogens (tertiary/aromatic N) is 2. The van der Waals surface area contributed by atoms with Crippen LogP contribution in [0.4, 0.5) is 5.95 Å². The SMILES string of the molecule is CC(NC(=O)C1(c2ccc(S(C)(=O)=O)cc2)CCCCC1)c1nc(N)n[nH]1. The summed E-state index contributed by atoms with van der Waals surface area (Å²) in [5.74, 6) is 0.547. The first-order valence-corrected chi connectivity index (χ1v) is 10.9. The van der Waals surface area contributed by atoms with Gasteiger partial charge in [0.05, 0.1) is 16.4 Å². The van der Waals surface area contributed by atoms with Crippen molar-refractivity contribution in [2.75, 3.05) is 12.0 Å². The quantitative estimate of drug-likeness (QED) is 0.713. The zero-order chi connectivity index (χ0) is 19.7. The topological polar surface area (TPSA) is 131 Å². The van der Waals surface area contributed by atoms with E-state index in [4.69, 9.17) is 5.73 Å². The average molecular weight is 391 g/mol. The van der Waals surface area contributed by atoms with Gasteiger partial charge in [-0.25, -0.2) is 8.42 Å². The molecule has 0 spiro atoms. The number of aromatic nitrogens is 3. The molecule has 0 aliphatic heterocycles. The second kappa shape index (κ2) is 7.30. The monoisotopic (exact) mass is 391 g/mol. The van der Waals surface area contributed by atoms with Gasteiger partial charge in [-0.2, -0.15) is 4.98 Å². The molecule has 27 heavy (non-hydrogen) atoms. The van der Waals surface area contributed by atoms with E-state index in [1.54, 1.807) is 24.3 Å². The van der Waals surface area contributed by atoms with Crippen LogP contribution in [0.25, 0.3) is 0 Å². The molecule has 1 aromatic heterocycles. The fraction of sp³-hybridized carbons (Fsp3) is 0.500. The highest BCUT2D eigenvalue weighted by molar-refractivity contribution is 7.90. The summed E-state index contributed by atoms with van der Waals surface area (Å²) in [6.45, 7) is 1.82. The number of nitrogens with one attached hydrogen (secondary N) is 2. The molecule has 1 amide bonds. The molecule has 1 fully saturated rings. The Morgan fingerprint density at radius 3 is 2.37 bits per heavy atom. The largest absolute Gasteiger partial charge is 0.367 e. The summed E-state index contributed by atoms with van der Waals surface area (Å²) in [5, 5.41) is 9.54. The molecule has 9 heteroatoms. The van der Waals surface area contributed by atoms with Crippen molar-refractivity contribution in [3.63, 3.8) is 0 Å². The first-order valence-electron chi connectivity index (χ1n) is 9.02. The highest BCUT2D eigenvalue weighted by Gasteiger charge is 2.41. The summed E-state index contributed by atoms with van der Waals surface area (Å²) in [7, 11) is -3.27. The third kappa shape index (κ3) is 3.97. The number of nitrogens with two attached hydrogens (primary N) is 1. The van der Waals surface area contributed by atoms with E-state index in [1.165, 1.54) is 6.26 Å². The van der Waals surface area contributed by atoms with Crippen LogP contribution < -0.4 is 11.1 Å². The van der Waals surface area contributed by atoms with Gasteiger partial charge in [-0.15, -0.1) is 5.10 Å². The van der Waals surface area contributed by atoms with Crippen LogP contribution in [-0.2, 0) is 20.0 Å². The van der Waals surface area contributed by atoms with Crippen molar-refractivity contribution < 1.29 is 13.2 Å². The lowest BCUT2D eigenvalue weighted by molar-refractivity contribution is -0.128. The van der Waals surface area contributed by atoms with Gasteiger partial charge >= 0.3 is 0 Å². The predicted octanol–water partition coefficient (Wildman–Crippen LogP) is 1.87. The number of hydrogen-bond donors (Lipinski definition) is 3. The number of benzene rings is 1. The molecule has 3 rings (SSSR count). The molecule has 1 aliphatic carbocycles. The molecule has 1 atom stereocenters. The fourth-order valence-electron chi connectivity index (χ4n) is 3.71. The number of aromatic amines is 1. The van der Waals surface area contributed by atoms with Crippen LogP contribution in [0.5, 0.6) is 0 Å². The minimum absolute atomic E-state index is 0.0863. The summed E-state index contributed by atoms with van der Waals surface area (Å²) in [6, 6.07) is 6.32. The van der Waals surface area contributed by atoms with Gasteiger partial charge in [0, 0.05) is 6.26 Å². The molecule has 8 nitrogen and oxygen atoms in total. The molecule has 0 radical (unpaired) electrons. The van der Waals surface area contributed by atoms with Crippen LogP contribution in [0.1, 0.15) is 56.5 Å². The van der Waals surface area contributed by atoms with Gasteiger partial charge in [0.2, 0.25) is 11.9 Å². The molecule has 4 N–H and O–H groups in total. The molecule has 1 unspecified atom stereocenters. The maximum absolute atomic E-state index is 13.3. The summed E-state index contributed by atoms with van der Waals surface area (Å²) >= 11 is 0. The Morgan fingerprint density at radius 2 is 1.85 bits per heavy atom.